The first-order chi connectivity index (χ1) is 7.13. The minimum Gasteiger partial charge on any atom is -0.321 e. The molecule has 2 N–H and O–H groups in total. The number of rotatable bonds is 5. The Labute approximate surface area is 92.1 Å². The highest BCUT2D eigenvalue weighted by atomic mass is 14.9. The molecule has 0 amide bonds. The van der Waals surface area contributed by atoms with Gasteiger partial charge in [-0.1, -0.05) is 26.7 Å². The fourth-order valence-electron chi connectivity index (χ4n) is 1.74. The molecule has 2 atom stereocenters. The molecule has 0 aliphatic carbocycles. The summed E-state index contributed by atoms with van der Waals surface area (Å²) in [4.78, 5) is 8.51. The summed E-state index contributed by atoms with van der Waals surface area (Å²) < 4.78 is 0. The molecule has 0 aliphatic heterocycles. The Morgan fingerprint density at radius 1 is 1.33 bits per heavy atom. The SMILES string of the molecule is CCCC(C)CC(N)c1ncc(C)cn1. The first-order valence-corrected chi connectivity index (χ1v) is 5.67. The molecule has 84 valence electrons. The van der Waals surface area contributed by atoms with Crippen molar-refractivity contribution in [1.29, 1.82) is 0 Å². The van der Waals surface area contributed by atoms with Crippen LogP contribution in [0.15, 0.2) is 12.4 Å². The van der Waals surface area contributed by atoms with Gasteiger partial charge in [0.15, 0.2) is 0 Å². The van der Waals surface area contributed by atoms with E-state index in [2.05, 4.69) is 23.8 Å². The van der Waals surface area contributed by atoms with Crippen LogP contribution in [-0.2, 0) is 0 Å². The zero-order chi connectivity index (χ0) is 11.3. The first kappa shape index (κ1) is 12.1. The van der Waals surface area contributed by atoms with E-state index < -0.39 is 0 Å². The van der Waals surface area contributed by atoms with Crippen molar-refractivity contribution in [3.63, 3.8) is 0 Å². The summed E-state index contributed by atoms with van der Waals surface area (Å²) in [6, 6.07) is -0.0212. The molecular formula is C12H21N3. The fraction of sp³-hybridized carbons (Fsp3) is 0.667. The van der Waals surface area contributed by atoms with Crippen LogP contribution in [-0.4, -0.2) is 9.97 Å². The van der Waals surface area contributed by atoms with Gasteiger partial charge in [0.05, 0.1) is 6.04 Å². The van der Waals surface area contributed by atoms with Crippen LogP contribution in [0.2, 0.25) is 0 Å². The average Bonchev–Trinajstić information content (AvgIpc) is 2.18. The van der Waals surface area contributed by atoms with Crippen molar-refractivity contribution in [3.05, 3.63) is 23.8 Å². The number of nitrogens with two attached hydrogens (primary N) is 1. The molecule has 1 aromatic rings. The van der Waals surface area contributed by atoms with Crippen LogP contribution in [0.4, 0.5) is 0 Å². The molecule has 1 rings (SSSR count). The fourth-order valence-corrected chi connectivity index (χ4v) is 1.74. The van der Waals surface area contributed by atoms with Gasteiger partial charge in [0, 0.05) is 12.4 Å². The summed E-state index contributed by atoms with van der Waals surface area (Å²) >= 11 is 0. The number of aromatic nitrogens is 2. The Balaban J connectivity index is 2.53. The van der Waals surface area contributed by atoms with Gasteiger partial charge in [-0.2, -0.15) is 0 Å². The van der Waals surface area contributed by atoms with Gasteiger partial charge in [-0.3, -0.25) is 0 Å². The quantitative estimate of drug-likeness (QED) is 0.807. The Bertz CT molecular complexity index is 281. The summed E-state index contributed by atoms with van der Waals surface area (Å²) in [7, 11) is 0. The molecule has 3 nitrogen and oxygen atoms in total. The zero-order valence-corrected chi connectivity index (χ0v) is 9.90. The van der Waals surface area contributed by atoms with Crippen LogP contribution in [0.25, 0.3) is 0 Å². The van der Waals surface area contributed by atoms with Gasteiger partial charge in [0.2, 0.25) is 0 Å². The monoisotopic (exact) mass is 207 g/mol. The largest absolute Gasteiger partial charge is 0.321 e. The Morgan fingerprint density at radius 3 is 2.47 bits per heavy atom. The zero-order valence-electron chi connectivity index (χ0n) is 9.90. The second-order valence-corrected chi connectivity index (χ2v) is 4.35. The molecular weight excluding hydrogens is 186 g/mol. The molecule has 15 heavy (non-hydrogen) atoms. The second kappa shape index (κ2) is 5.81. The van der Waals surface area contributed by atoms with E-state index in [0.717, 1.165) is 17.8 Å². The summed E-state index contributed by atoms with van der Waals surface area (Å²) in [5, 5.41) is 0. The molecule has 0 bridgehead atoms. The van der Waals surface area contributed by atoms with Crippen molar-refractivity contribution in [2.45, 2.75) is 46.1 Å². The maximum absolute atomic E-state index is 6.05. The van der Waals surface area contributed by atoms with Gasteiger partial charge >= 0.3 is 0 Å². The first-order valence-electron chi connectivity index (χ1n) is 5.67. The molecule has 0 spiro atoms. The van der Waals surface area contributed by atoms with Crippen LogP contribution in [0.3, 0.4) is 0 Å². The van der Waals surface area contributed by atoms with Crippen LogP contribution >= 0.6 is 0 Å². The lowest BCUT2D eigenvalue weighted by atomic mass is 9.97. The van der Waals surface area contributed by atoms with Crippen LogP contribution in [0.1, 0.15) is 50.5 Å². The average molecular weight is 207 g/mol. The van der Waals surface area contributed by atoms with Crippen molar-refractivity contribution >= 4 is 0 Å². The summed E-state index contributed by atoms with van der Waals surface area (Å²) in [6.07, 6.45) is 7.05. The van der Waals surface area contributed by atoms with Crippen LogP contribution in [0, 0.1) is 12.8 Å². The predicted octanol–water partition coefficient (Wildman–Crippen LogP) is 2.61. The highest BCUT2D eigenvalue weighted by Gasteiger charge is 2.12. The van der Waals surface area contributed by atoms with Gasteiger partial charge in [-0.25, -0.2) is 9.97 Å². The van der Waals surface area contributed by atoms with Gasteiger partial charge in [0.25, 0.3) is 0 Å². The third-order valence-electron chi connectivity index (χ3n) is 2.57. The highest BCUT2D eigenvalue weighted by Crippen LogP contribution is 2.19. The molecule has 0 radical (unpaired) electrons. The maximum Gasteiger partial charge on any atom is 0.144 e. The van der Waals surface area contributed by atoms with Gasteiger partial charge in [0.1, 0.15) is 5.82 Å². The van der Waals surface area contributed by atoms with Crippen LogP contribution < -0.4 is 5.73 Å². The summed E-state index contributed by atoms with van der Waals surface area (Å²) in [6.45, 7) is 6.41. The third kappa shape index (κ3) is 3.96. The summed E-state index contributed by atoms with van der Waals surface area (Å²) in [5.41, 5.74) is 7.13. The minimum atomic E-state index is -0.0212. The molecule has 0 fully saturated rings. The molecule has 1 aromatic heterocycles. The van der Waals surface area contributed by atoms with Gasteiger partial charge in [-0.15, -0.1) is 0 Å². The van der Waals surface area contributed by atoms with E-state index in [1.54, 1.807) is 0 Å². The van der Waals surface area contributed by atoms with Crippen molar-refractivity contribution in [1.82, 2.24) is 9.97 Å². The van der Waals surface area contributed by atoms with E-state index in [4.69, 9.17) is 5.73 Å². The molecule has 0 aliphatic rings. The Hall–Kier alpha value is -0.960. The predicted molar refractivity (Wildman–Crippen MR) is 62.4 cm³/mol. The lowest BCUT2D eigenvalue weighted by Crippen LogP contribution is -2.17. The maximum atomic E-state index is 6.05. The third-order valence-corrected chi connectivity index (χ3v) is 2.57. The van der Waals surface area contributed by atoms with E-state index in [-0.39, 0.29) is 6.04 Å². The molecule has 0 aromatic carbocycles. The van der Waals surface area contributed by atoms with Crippen molar-refractivity contribution in [3.8, 4) is 0 Å². The van der Waals surface area contributed by atoms with Crippen molar-refractivity contribution in [2.75, 3.05) is 0 Å². The molecule has 0 saturated carbocycles. The van der Waals surface area contributed by atoms with E-state index in [9.17, 15) is 0 Å². The second-order valence-electron chi connectivity index (χ2n) is 4.35. The van der Waals surface area contributed by atoms with E-state index in [1.807, 2.05) is 19.3 Å². The van der Waals surface area contributed by atoms with E-state index in [0.29, 0.717) is 5.92 Å². The Morgan fingerprint density at radius 2 is 1.93 bits per heavy atom. The topological polar surface area (TPSA) is 51.8 Å². The summed E-state index contributed by atoms with van der Waals surface area (Å²) in [5.74, 6) is 1.42. The lowest BCUT2D eigenvalue weighted by Gasteiger charge is -2.15. The lowest BCUT2D eigenvalue weighted by molar-refractivity contribution is 0.430. The van der Waals surface area contributed by atoms with Crippen LogP contribution in [0.5, 0.6) is 0 Å². The van der Waals surface area contributed by atoms with Gasteiger partial charge in [-0.05, 0) is 24.8 Å². The van der Waals surface area contributed by atoms with E-state index in [1.165, 1.54) is 12.8 Å². The number of nitrogens with zero attached hydrogens (tertiary/aromatic N) is 2. The smallest absolute Gasteiger partial charge is 0.144 e. The number of hydrogen-bond donors (Lipinski definition) is 1. The molecule has 2 unspecified atom stereocenters. The molecule has 1 heterocycles. The number of aryl methyl sites for hydroxylation is 1. The highest BCUT2D eigenvalue weighted by molar-refractivity contribution is 5.04. The number of hydrogen-bond acceptors (Lipinski definition) is 3. The molecule has 3 heteroatoms. The standard InChI is InChI=1S/C12H21N3/c1-4-5-9(2)6-11(13)12-14-7-10(3)8-15-12/h7-9,11H,4-6,13H2,1-3H3. The van der Waals surface area contributed by atoms with E-state index >= 15 is 0 Å². The molecule has 0 saturated heterocycles. The van der Waals surface area contributed by atoms with Crippen molar-refractivity contribution in [2.24, 2.45) is 11.7 Å². The minimum absolute atomic E-state index is 0.0212. The normalized spacial score (nSPS) is 14.9. The Kier molecular flexibility index (Phi) is 4.69. The van der Waals surface area contributed by atoms with Gasteiger partial charge < -0.3 is 5.73 Å². The van der Waals surface area contributed by atoms with Crippen molar-refractivity contribution < 1.29 is 0 Å².